The molecule has 3 heterocycles. The first-order chi connectivity index (χ1) is 10.7. The van der Waals surface area contributed by atoms with Crippen LogP contribution in [0.4, 0.5) is 5.95 Å². The molecule has 0 atom stereocenters. The van der Waals surface area contributed by atoms with Crippen LogP contribution in [-0.4, -0.2) is 41.0 Å². The molecule has 122 valence electrons. The Bertz CT molecular complexity index is 504. The van der Waals surface area contributed by atoms with Crippen LogP contribution in [0.25, 0.3) is 0 Å². The SMILES string of the molecule is CCC(CC)CN1CCc2nc(N3CCCC3)nc(C)c2C1. The fraction of sp³-hybridized carbons (Fsp3) is 0.778. The standard InChI is InChI=1S/C18H30N4/c1-4-15(5-2)12-21-11-8-17-16(13-21)14(3)19-18(20-17)22-9-6-7-10-22/h15H,4-13H2,1-3H3. The van der Waals surface area contributed by atoms with Crippen LogP contribution in [-0.2, 0) is 13.0 Å². The smallest absolute Gasteiger partial charge is 0.225 e. The van der Waals surface area contributed by atoms with Gasteiger partial charge in [-0.1, -0.05) is 26.7 Å². The summed E-state index contributed by atoms with van der Waals surface area (Å²) >= 11 is 0. The van der Waals surface area contributed by atoms with Crippen molar-refractivity contribution < 1.29 is 0 Å². The Morgan fingerprint density at radius 2 is 1.77 bits per heavy atom. The second-order valence-corrected chi connectivity index (χ2v) is 6.90. The molecule has 4 nitrogen and oxygen atoms in total. The van der Waals surface area contributed by atoms with Crippen LogP contribution in [0.2, 0.25) is 0 Å². The molecule has 3 rings (SSSR count). The van der Waals surface area contributed by atoms with E-state index in [4.69, 9.17) is 9.97 Å². The molecular weight excluding hydrogens is 272 g/mol. The molecule has 22 heavy (non-hydrogen) atoms. The zero-order valence-electron chi connectivity index (χ0n) is 14.4. The minimum Gasteiger partial charge on any atom is -0.341 e. The second-order valence-electron chi connectivity index (χ2n) is 6.90. The summed E-state index contributed by atoms with van der Waals surface area (Å²) in [7, 11) is 0. The molecule has 1 saturated heterocycles. The lowest BCUT2D eigenvalue weighted by Gasteiger charge is -2.32. The van der Waals surface area contributed by atoms with Crippen molar-refractivity contribution in [1.82, 2.24) is 14.9 Å². The fourth-order valence-corrected chi connectivity index (χ4v) is 3.75. The summed E-state index contributed by atoms with van der Waals surface area (Å²) in [6.07, 6.45) is 6.21. The summed E-state index contributed by atoms with van der Waals surface area (Å²) < 4.78 is 0. The highest BCUT2D eigenvalue weighted by Gasteiger charge is 2.24. The zero-order valence-corrected chi connectivity index (χ0v) is 14.4. The molecule has 1 fully saturated rings. The van der Waals surface area contributed by atoms with Gasteiger partial charge in [-0.2, -0.15) is 0 Å². The van der Waals surface area contributed by atoms with Gasteiger partial charge in [0.2, 0.25) is 5.95 Å². The minimum atomic E-state index is 0.826. The van der Waals surface area contributed by atoms with E-state index in [2.05, 4.69) is 30.6 Å². The lowest BCUT2D eigenvalue weighted by atomic mass is 9.99. The Morgan fingerprint density at radius 1 is 1.05 bits per heavy atom. The van der Waals surface area contributed by atoms with Crippen molar-refractivity contribution in [3.8, 4) is 0 Å². The molecule has 4 heteroatoms. The van der Waals surface area contributed by atoms with Gasteiger partial charge in [0.15, 0.2) is 0 Å². The number of aryl methyl sites for hydroxylation is 1. The molecule has 0 N–H and O–H groups in total. The van der Waals surface area contributed by atoms with Crippen molar-refractivity contribution in [2.24, 2.45) is 5.92 Å². The fourth-order valence-electron chi connectivity index (χ4n) is 3.75. The summed E-state index contributed by atoms with van der Waals surface area (Å²) in [4.78, 5) is 14.7. The maximum atomic E-state index is 4.90. The lowest BCUT2D eigenvalue weighted by molar-refractivity contribution is 0.205. The largest absolute Gasteiger partial charge is 0.341 e. The van der Waals surface area contributed by atoms with E-state index in [9.17, 15) is 0 Å². The predicted molar refractivity (Wildman–Crippen MR) is 91.3 cm³/mol. The predicted octanol–water partition coefficient (Wildman–Crippen LogP) is 3.18. The summed E-state index contributed by atoms with van der Waals surface area (Å²) in [5.41, 5.74) is 3.89. The third-order valence-electron chi connectivity index (χ3n) is 5.39. The molecule has 0 radical (unpaired) electrons. The zero-order chi connectivity index (χ0) is 15.5. The van der Waals surface area contributed by atoms with Crippen molar-refractivity contribution in [3.63, 3.8) is 0 Å². The Balaban J connectivity index is 1.74. The van der Waals surface area contributed by atoms with Crippen LogP contribution in [0, 0.1) is 12.8 Å². The molecule has 0 aromatic carbocycles. The molecule has 0 bridgehead atoms. The first-order valence-electron chi connectivity index (χ1n) is 9.05. The van der Waals surface area contributed by atoms with Gasteiger partial charge in [-0.15, -0.1) is 0 Å². The molecule has 0 unspecified atom stereocenters. The van der Waals surface area contributed by atoms with Gasteiger partial charge in [-0.05, 0) is 25.7 Å². The summed E-state index contributed by atoms with van der Waals surface area (Å²) in [5.74, 6) is 1.80. The van der Waals surface area contributed by atoms with Crippen LogP contribution in [0.5, 0.6) is 0 Å². The molecular formula is C18H30N4. The molecule has 0 saturated carbocycles. The molecule has 1 aromatic heterocycles. The number of nitrogens with zero attached hydrogens (tertiary/aromatic N) is 4. The first kappa shape index (κ1) is 15.7. The third kappa shape index (κ3) is 3.27. The van der Waals surface area contributed by atoms with E-state index < -0.39 is 0 Å². The number of rotatable bonds is 5. The van der Waals surface area contributed by atoms with Gasteiger partial charge in [-0.25, -0.2) is 9.97 Å². The van der Waals surface area contributed by atoms with Crippen molar-refractivity contribution in [2.45, 2.75) is 59.4 Å². The van der Waals surface area contributed by atoms with E-state index in [1.54, 1.807) is 0 Å². The number of hydrogen-bond donors (Lipinski definition) is 0. The Morgan fingerprint density at radius 3 is 2.45 bits per heavy atom. The Hall–Kier alpha value is -1.16. The highest BCUT2D eigenvalue weighted by atomic mass is 15.3. The van der Waals surface area contributed by atoms with Gasteiger partial charge in [-0.3, -0.25) is 4.90 Å². The number of aromatic nitrogens is 2. The van der Waals surface area contributed by atoms with Crippen LogP contribution in [0.15, 0.2) is 0 Å². The van der Waals surface area contributed by atoms with E-state index >= 15 is 0 Å². The van der Waals surface area contributed by atoms with Crippen molar-refractivity contribution >= 4 is 5.95 Å². The molecule has 0 amide bonds. The van der Waals surface area contributed by atoms with Gasteiger partial charge < -0.3 is 4.90 Å². The van der Waals surface area contributed by atoms with Gasteiger partial charge in [0.05, 0.1) is 5.69 Å². The molecule has 1 aromatic rings. The number of anilines is 1. The van der Waals surface area contributed by atoms with Crippen LogP contribution >= 0.6 is 0 Å². The van der Waals surface area contributed by atoms with Gasteiger partial charge in [0.25, 0.3) is 0 Å². The number of fused-ring (bicyclic) bond motifs is 1. The van der Waals surface area contributed by atoms with Crippen LogP contribution in [0.1, 0.15) is 56.5 Å². The molecule has 2 aliphatic rings. The summed E-state index contributed by atoms with van der Waals surface area (Å²) in [5, 5.41) is 0. The maximum absolute atomic E-state index is 4.90. The topological polar surface area (TPSA) is 32.3 Å². The highest BCUT2D eigenvalue weighted by Crippen LogP contribution is 2.25. The monoisotopic (exact) mass is 302 g/mol. The van der Waals surface area contributed by atoms with E-state index in [1.807, 2.05) is 0 Å². The van der Waals surface area contributed by atoms with Gasteiger partial charge in [0, 0.05) is 50.4 Å². The number of hydrogen-bond acceptors (Lipinski definition) is 4. The molecule has 2 aliphatic heterocycles. The van der Waals surface area contributed by atoms with Crippen molar-refractivity contribution in [1.29, 1.82) is 0 Å². The van der Waals surface area contributed by atoms with E-state index in [-0.39, 0.29) is 0 Å². The Labute approximate surface area is 134 Å². The normalized spacial score (nSPS) is 19.0. The second kappa shape index (κ2) is 6.95. The Kier molecular flexibility index (Phi) is 4.97. The molecule has 0 aliphatic carbocycles. The summed E-state index contributed by atoms with van der Waals surface area (Å²) in [6, 6.07) is 0. The average molecular weight is 302 g/mol. The van der Waals surface area contributed by atoms with Crippen molar-refractivity contribution in [3.05, 3.63) is 17.0 Å². The average Bonchev–Trinajstić information content (AvgIpc) is 3.07. The summed E-state index contributed by atoms with van der Waals surface area (Å²) in [6.45, 7) is 12.4. The van der Waals surface area contributed by atoms with Gasteiger partial charge >= 0.3 is 0 Å². The van der Waals surface area contributed by atoms with E-state index in [1.165, 1.54) is 49.2 Å². The quantitative estimate of drug-likeness (QED) is 0.836. The van der Waals surface area contributed by atoms with E-state index in [0.717, 1.165) is 44.5 Å². The highest BCUT2D eigenvalue weighted by molar-refractivity contribution is 5.38. The first-order valence-corrected chi connectivity index (χ1v) is 9.05. The third-order valence-corrected chi connectivity index (χ3v) is 5.39. The van der Waals surface area contributed by atoms with Crippen LogP contribution < -0.4 is 4.90 Å². The van der Waals surface area contributed by atoms with Crippen molar-refractivity contribution in [2.75, 3.05) is 31.1 Å². The minimum absolute atomic E-state index is 0.826. The van der Waals surface area contributed by atoms with Crippen LogP contribution in [0.3, 0.4) is 0 Å². The lowest BCUT2D eigenvalue weighted by Crippen LogP contribution is -2.36. The van der Waals surface area contributed by atoms with Gasteiger partial charge in [0.1, 0.15) is 0 Å². The maximum Gasteiger partial charge on any atom is 0.225 e. The van der Waals surface area contributed by atoms with E-state index in [0.29, 0.717) is 0 Å². The molecule has 0 spiro atoms.